The van der Waals surface area contributed by atoms with E-state index in [1.807, 2.05) is 30.6 Å². The van der Waals surface area contributed by atoms with Gasteiger partial charge in [-0.3, -0.25) is 4.21 Å². The van der Waals surface area contributed by atoms with Gasteiger partial charge in [0.25, 0.3) is 0 Å². The number of thioether (sulfide) groups is 1. The molecule has 86 heavy (non-hydrogen) atoms. The number of nitrogens with one attached hydrogen (secondary N) is 3. The number of aromatic amines is 3. The van der Waals surface area contributed by atoms with Crippen LogP contribution in [0.25, 0.3) is 0 Å². The van der Waals surface area contributed by atoms with Crippen LogP contribution in [0.15, 0.2) is 189 Å². The zero-order chi connectivity index (χ0) is 61.7. The van der Waals surface area contributed by atoms with Crippen molar-refractivity contribution in [2.45, 2.75) is 41.7 Å². The highest BCUT2D eigenvalue weighted by atomic mass is 32.2. The van der Waals surface area contributed by atoms with Crippen molar-refractivity contribution in [3.8, 4) is 17.2 Å². The van der Waals surface area contributed by atoms with Gasteiger partial charge in [0.15, 0.2) is 9.84 Å². The van der Waals surface area contributed by atoms with Crippen LogP contribution in [0.3, 0.4) is 0 Å². The molecule has 0 aliphatic carbocycles. The molecule has 0 bridgehead atoms. The summed E-state index contributed by atoms with van der Waals surface area (Å²) in [6, 6.07) is 17.0. The quantitative estimate of drug-likeness (QED) is 0.0826. The molecule has 0 saturated heterocycles. The Morgan fingerprint density at radius 3 is 1.24 bits per heavy atom. The molecule has 32 heteroatoms. The number of benzene rings is 3. The minimum atomic E-state index is -3.22. The van der Waals surface area contributed by atoms with Gasteiger partial charge in [-0.25, -0.2) is 23.4 Å². The fraction of sp³-hybridized carbons (Fsp3) is 0.241. The lowest BCUT2D eigenvalue weighted by molar-refractivity contribution is 0.306. The fourth-order valence-electron chi connectivity index (χ4n) is 8.40. The van der Waals surface area contributed by atoms with E-state index >= 15 is 0 Å². The molecular formula is C54H53B14N9O6S3. The summed E-state index contributed by atoms with van der Waals surface area (Å²) in [7, 11) is 39.9. The predicted octanol–water partition coefficient (Wildman–Crippen LogP) is 3.26. The van der Waals surface area contributed by atoms with E-state index in [0.29, 0.717) is 36.9 Å². The summed E-state index contributed by atoms with van der Waals surface area (Å²) in [5.74, 6) is 2.53. The van der Waals surface area contributed by atoms with Crippen molar-refractivity contribution in [2.75, 3.05) is 72.9 Å². The average molecular weight is 1170 g/mol. The third-order valence-electron chi connectivity index (χ3n) is 12.4. The SMILES string of the molecule is C.C=C=C=C=C=C=C=C=C=C=C=C=C=C.CS(=O)(=O)c1ccc2c(c1)N(Cc1cnc[nH]1)CCO2.CS(=O)c1ccc2c(c1)N(Cc1cnc[nH]1)CCO2.CSc1ccc2c(c1)N(Cc1cnc[nH]1)CCO2.[B]B([B])B(B([B])[B])B(B([B])[B])B([B])[B]. The molecule has 410 valence electrons. The molecule has 0 spiro atoms. The van der Waals surface area contributed by atoms with Crippen LogP contribution in [0.2, 0.25) is 0 Å². The van der Waals surface area contributed by atoms with Crippen molar-refractivity contribution in [2.24, 2.45) is 0 Å². The van der Waals surface area contributed by atoms with E-state index in [1.54, 1.807) is 61.4 Å². The standard InChI is InChI=1S/C14H4.C13H15N3O3S.C13H15N3O2S.C13H15N3OS.CH4.B14/c1-3-5-7-9-11-13-14-12-10-8-6-4-2;1-20(17,18)11-2-3-13-12(6-11)16(4-5-19-13)8-10-7-14-9-15-10;1-19(17)11-2-3-13-12(6-11)16(4-5-18-13)8-10-7-14-9-15-10;1-18-11-2-3-13-12(6-11)16(4-5-17-13)8-10-7-14-9-15-10;;1-9(2)13(10(3)4)14(11(5)6)12(7)8/h1-2H2;2-3,6-7,9H,4-5,8H2,1H3,(H,14,15);2-3,6-7,9H,4-5,8H2,1H3,(H,14,15);2-3,6-7,9H,4-5,8H2,1H3,(H,14,15);1H4;. The summed E-state index contributed by atoms with van der Waals surface area (Å²) in [6.07, 6.45) is 11.4. The van der Waals surface area contributed by atoms with Crippen LogP contribution in [0.4, 0.5) is 17.1 Å². The second kappa shape index (κ2) is 37.2. The van der Waals surface area contributed by atoms with Crippen LogP contribution < -0.4 is 28.9 Å². The maximum atomic E-state index is 11.7. The van der Waals surface area contributed by atoms with E-state index in [1.165, 1.54) is 16.8 Å². The van der Waals surface area contributed by atoms with Gasteiger partial charge < -0.3 is 43.9 Å². The number of H-pyrrole nitrogens is 3. The Morgan fingerprint density at radius 1 is 0.570 bits per heavy atom. The smallest absolute Gasteiger partial charge is 0.175 e. The lowest BCUT2D eigenvalue weighted by Crippen LogP contribution is -2.72. The second-order valence-electron chi connectivity index (χ2n) is 18.4. The van der Waals surface area contributed by atoms with Crippen LogP contribution in [0.5, 0.6) is 17.2 Å². The molecule has 1 unspecified atom stereocenters. The number of imidazole rings is 3. The molecule has 3 aliphatic heterocycles. The molecule has 6 heterocycles. The molecular weight excluding hydrogens is 1120 g/mol. The van der Waals surface area contributed by atoms with Gasteiger partial charge in [-0.2, -0.15) is 0 Å². The Balaban J connectivity index is 0.000000232. The minimum absolute atomic E-state index is 0. The molecule has 16 radical (unpaired) electrons. The maximum absolute atomic E-state index is 11.7. The summed E-state index contributed by atoms with van der Waals surface area (Å²) >= 11 is 1.75. The van der Waals surface area contributed by atoms with E-state index in [-0.39, 0.29) is 7.43 Å². The molecule has 0 amide bonds. The molecule has 6 aromatic rings. The van der Waals surface area contributed by atoms with Crippen molar-refractivity contribution >= 4 is 150 Å². The number of nitrogens with zero attached hydrogens (tertiary/aromatic N) is 6. The maximum Gasteiger partial charge on any atom is 0.175 e. The van der Waals surface area contributed by atoms with E-state index in [4.69, 9.17) is 76.1 Å². The van der Waals surface area contributed by atoms with Crippen molar-refractivity contribution in [1.29, 1.82) is 0 Å². The van der Waals surface area contributed by atoms with E-state index < -0.39 is 58.9 Å². The Hall–Kier alpha value is -7.45. The highest BCUT2D eigenvalue weighted by molar-refractivity contribution is 8.11. The molecule has 3 aliphatic rings. The van der Waals surface area contributed by atoms with Gasteiger partial charge in [-0.1, -0.05) is 18.9 Å². The van der Waals surface area contributed by atoms with Gasteiger partial charge in [-0.15, -0.1) is 11.8 Å². The first-order valence-corrected chi connectivity index (χ1v) is 30.7. The highest BCUT2D eigenvalue weighted by Crippen LogP contribution is 2.37. The summed E-state index contributed by atoms with van der Waals surface area (Å²) in [4.78, 5) is 30.4. The first-order chi connectivity index (χ1) is 40.8. The molecule has 0 saturated carbocycles. The monoisotopic (exact) mass is 1170 g/mol. The number of sulfone groups is 1. The topological polar surface area (TPSA) is 175 Å². The van der Waals surface area contributed by atoms with Crippen molar-refractivity contribution in [1.82, 2.24) is 29.9 Å². The largest absolute Gasteiger partial charge is 0.490 e. The molecule has 3 N–H and O–H groups in total. The van der Waals surface area contributed by atoms with Gasteiger partial charge in [0.05, 0.1) is 97.3 Å². The Morgan fingerprint density at radius 2 is 0.919 bits per heavy atom. The highest BCUT2D eigenvalue weighted by Gasteiger charge is 2.35. The van der Waals surface area contributed by atoms with Crippen LogP contribution in [0, 0.1) is 0 Å². The van der Waals surface area contributed by atoms with E-state index in [2.05, 4.69) is 151 Å². The Bertz CT molecular complexity index is 3660. The van der Waals surface area contributed by atoms with Gasteiger partial charge >= 0.3 is 0 Å². The number of ether oxygens (including phenoxy) is 3. The molecule has 1 atom stereocenters. The van der Waals surface area contributed by atoms with Crippen molar-refractivity contribution < 1.29 is 26.8 Å². The lowest BCUT2D eigenvalue weighted by Gasteiger charge is -2.34. The van der Waals surface area contributed by atoms with Crippen molar-refractivity contribution in [3.05, 3.63) is 191 Å². The predicted molar refractivity (Wildman–Crippen MR) is 363 cm³/mol. The lowest BCUT2D eigenvalue weighted by atomic mass is 8.47. The fourth-order valence-corrected chi connectivity index (χ4v) is 10.0. The molecule has 0 fully saturated rings. The molecule has 15 nitrogen and oxygen atoms in total. The first-order valence-electron chi connectivity index (χ1n) is 26.0. The number of hydrogen-bond donors (Lipinski definition) is 3. The number of hydrogen-bond acceptors (Lipinski definition) is 13. The van der Waals surface area contributed by atoms with Gasteiger partial charge in [0, 0.05) is 152 Å². The molecule has 3 aromatic heterocycles. The average Bonchev–Trinajstić information content (AvgIpc) is 4.03. The number of fused-ring (bicyclic) bond motifs is 3. The van der Waals surface area contributed by atoms with Crippen LogP contribution >= 0.6 is 11.8 Å². The summed E-state index contributed by atoms with van der Waals surface area (Å²) in [6.45, 7) is 13.2. The van der Waals surface area contributed by atoms with Crippen LogP contribution in [0.1, 0.15) is 24.5 Å². The number of rotatable bonds is 14. The number of anilines is 3. The summed E-state index contributed by atoms with van der Waals surface area (Å²) in [5.41, 5.74) is 35.5. The van der Waals surface area contributed by atoms with Crippen LogP contribution in [-0.2, 0) is 40.3 Å². The second-order valence-corrected chi connectivity index (χ2v) is 22.7. The first kappa shape index (κ1) is 71.0. The third-order valence-corrected chi connectivity index (χ3v) is 15.1. The summed E-state index contributed by atoms with van der Waals surface area (Å²) < 4.78 is 51.8. The Labute approximate surface area is 526 Å². The van der Waals surface area contributed by atoms with Crippen LogP contribution in [-0.4, -0.2) is 201 Å². The normalized spacial score (nSPS) is 11.9. The third kappa shape index (κ3) is 23.1. The van der Waals surface area contributed by atoms with E-state index in [0.717, 1.165) is 77.6 Å². The zero-order valence-corrected chi connectivity index (χ0v) is 49.8. The summed E-state index contributed by atoms with van der Waals surface area (Å²) in [5, 5.41) is 0. The number of aromatic nitrogens is 6. The van der Waals surface area contributed by atoms with Crippen molar-refractivity contribution in [3.63, 3.8) is 0 Å². The van der Waals surface area contributed by atoms with Gasteiger partial charge in [-0.05, 0) is 131 Å². The molecule has 9 rings (SSSR count). The molecule has 3 aromatic carbocycles. The minimum Gasteiger partial charge on any atom is -0.490 e. The van der Waals surface area contributed by atoms with Gasteiger partial charge in [0.1, 0.15) is 37.1 Å². The van der Waals surface area contributed by atoms with E-state index in [9.17, 15) is 12.6 Å². The zero-order valence-electron chi connectivity index (χ0n) is 47.4. The van der Waals surface area contributed by atoms with Gasteiger partial charge in [0.2, 0.25) is 0 Å². The Kier molecular flexibility index (Phi) is 30.7.